The fraction of sp³-hybridized carbons (Fsp3) is 0.455. The first-order valence-corrected chi connectivity index (χ1v) is 12.7. The van der Waals surface area contributed by atoms with Crippen molar-refractivity contribution in [3.8, 4) is 11.1 Å². The molecule has 0 amide bonds. The lowest BCUT2D eigenvalue weighted by Gasteiger charge is -2.42. The molecule has 12 heteroatoms. The highest BCUT2D eigenvalue weighted by Crippen LogP contribution is 2.42. The Kier molecular flexibility index (Phi) is 5.47. The largest absolute Gasteiger partial charge is 0.410 e. The summed E-state index contributed by atoms with van der Waals surface area (Å²) in [5, 5.41) is 0.798. The first kappa shape index (κ1) is 22.9. The molecular weight excluding hydrogens is 471 g/mol. The third-order valence-corrected chi connectivity index (χ3v) is 8.35. The summed E-state index contributed by atoms with van der Waals surface area (Å²) in [6.07, 6.45) is -0.914. The first-order chi connectivity index (χ1) is 16.1. The molecule has 8 nitrogen and oxygen atoms in total. The van der Waals surface area contributed by atoms with E-state index in [2.05, 4.69) is 15.0 Å². The number of piperazine rings is 1. The highest BCUT2D eigenvalue weighted by molar-refractivity contribution is 7.89. The number of nitrogens with zero attached hydrogens (tertiary/aromatic N) is 3. The molecule has 0 radical (unpaired) electrons. The number of hydrogen-bond acceptors (Lipinski definition) is 5. The van der Waals surface area contributed by atoms with Gasteiger partial charge in [0, 0.05) is 43.0 Å². The van der Waals surface area contributed by atoms with Crippen molar-refractivity contribution in [2.24, 2.45) is 0 Å². The third kappa shape index (κ3) is 4.20. The maximum atomic E-state index is 14.0. The van der Waals surface area contributed by atoms with Crippen molar-refractivity contribution in [3.05, 3.63) is 46.5 Å². The molecule has 5 rings (SSSR count). The fourth-order valence-corrected chi connectivity index (χ4v) is 5.61. The second-order valence-electron chi connectivity index (χ2n) is 8.75. The molecule has 2 N–H and O–H groups in total. The zero-order valence-electron chi connectivity index (χ0n) is 18.4. The van der Waals surface area contributed by atoms with Crippen LogP contribution in [-0.2, 0) is 10.0 Å². The van der Waals surface area contributed by atoms with Gasteiger partial charge in [0.15, 0.2) is 0 Å². The minimum Gasteiger partial charge on any atom is -0.344 e. The van der Waals surface area contributed by atoms with Crippen molar-refractivity contribution in [3.63, 3.8) is 0 Å². The summed E-state index contributed by atoms with van der Waals surface area (Å²) in [6.45, 7) is 0.367. The van der Waals surface area contributed by atoms with Crippen LogP contribution in [0.1, 0.15) is 31.4 Å². The van der Waals surface area contributed by atoms with Crippen molar-refractivity contribution in [1.82, 2.24) is 19.3 Å². The van der Waals surface area contributed by atoms with Gasteiger partial charge in [-0.15, -0.1) is 0 Å². The number of hydrogen-bond donors (Lipinski definition) is 2. The van der Waals surface area contributed by atoms with Gasteiger partial charge in [0.1, 0.15) is 17.5 Å². The Morgan fingerprint density at radius 2 is 1.91 bits per heavy atom. The van der Waals surface area contributed by atoms with Gasteiger partial charge >= 0.3 is 6.18 Å². The molecule has 3 aromatic rings. The van der Waals surface area contributed by atoms with Gasteiger partial charge in [0.05, 0.1) is 5.75 Å². The van der Waals surface area contributed by atoms with Gasteiger partial charge < -0.3 is 14.9 Å². The maximum Gasteiger partial charge on any atom is 0.410 e. The number of sulfonamides is 1. The number of nitrogens with one attached hydrogen (secondary N) is 2. The Morgan fingerprint density at radius 1 is 1.15 bits per heavy atom. The highest BCUT2D eigenvalue weighted by Gasteiger charge is 2.48. The lowest BCUT2D eigenvalue weighted by atomic mass is 10.0. The molecule has 2 aliphatic rings. The smallest absolute Gasteiger partial charge is 0.344 e. The number of alkyl halides is 3. The second-order valence-corrected chi connectivity index (χ2v) is 11.0. The van der Waals surface area contributed by atoms with E-state index in [4.69, 9.17) is 0 Å². The Bertz CT molecular complexity index is 1390. The van der Waals surface area contributed by atoms with Crippen molar-refractivity contribution < 1.29 is 21.6 Å². The summed E-state index contributed by atoms with van der Waals surface area (Å²) < 4.78 is 67.3. The van der Waals surface area contributed by atoms with E-state index in [9.17, 15) is 26.4 Å². The third-order valence-electron chi connectivity index (χ3n) is 6.50. The van der Waals surface area contributed by atoms with Gasteiger partial charge in [0.25, 0.3) is 0 Å². The number of aromatic nitrogens is 3. The van der Waals surface area contributed by atoms with E-state index in [1.807, 2.05) is 6.07 Å². The number of rotatable bonds is 5. The summed E-state index contributed by atoms with van der Waals surface area (Å²) in [4.78, 5) is 23.7. The van der Waals surface area contributed by atoms with Crippen LogP contribution in [0.3, 0.4) is 0 Å². The zero-order valence-corrected chi connectivity index (χ0v) is 19.2. The van der Waals surface area contributed by atoms with Crippen LogP contribution >= 0.6 is 0 Å². The number of anilines is 1. The van der Waals surface area contributed by atoms with Crippen LogP contribution in [0.25, 0.3) is 22.2 Å². The summed E-state index contributed by atoms with van der Waals surface area (Å²) in [5.74, 6) is 0.183. The Hall–Kier alpha value is -2.86. The number of pyridine rings is 2. The van der Waals surface area contributed by atoms with Gasteiger partial charge in [-0.25, -0.2) is 13.4 Å². The van der Waals surface area contributed by atoms with Crippen molar-refractivity contribution >= 4 is 26.9 Å². The maximum absolute atomic E-state index is 14.0. The standard InChI is InChI=1S/C22H24F3N5O3S/c1-2-34(32,33)29-7-8-30(18(12-29)22(23,24)25)19-9-14(10-20(31)28-19)15-5-6-26-21-16(15)11-17(27-21)13-3-4-13/h5-6,9-11,13,18H,2-4,7-8,12H2,1H3,(H,26,27)(H,28,31)/t18-/m0/s1. The lowest BCUT2D eigenvalue weighted by Crippen LogP contribution is -2.60. The summed E-state index contributed by atoms with van der Waals surface area (Å²) >= 11 is 0. The van der Waals surface area contributed by atoms with E-state index in [-0.39, 0.29) is 24.7 Å². The van der Waals surface area contributed by atoms with Crippen LogP contribution in [0.2, 0.25) is 0 Å². The van der Waals surface area contributed by atoms with E-state index in [1.54, 1.807) is 12.3 Å². The molecule has 1 aliphatic carbocycles. The molecule has 1 saturated heterocycles. The molecule has 1 aliphatic heterocycles. The van der Waals surface area contributed by atoms with E-state index >= 15 is 0 Å². The number of aromatic amines is 2. The molecule has 0 unspecified atom stereocenters. The monoisotopic (exact) mass is 495 g/mol. The van der Waals surface area contributed by atoms with Crippen LogP contribution in [0.4, 0.5) is 19.0 Å². The highest BCUT2D eigenvalue weighted by atomic mass is 32.2. The summed E-state index contributed by atoms with van der Waals surface area (Å²) in [5.41, 5.74) is 2.34. The molecule has 0 bridgehead atoms. The Balaban J connectivity index is 1.55. The molecule has 34 heavy (non-hydrogen) atoms. The zero-order chi connectivity index (χ0) is 24.3. The van der Waals surface area contributed by atoms with E-state index < -0.39 is 34.3 Å². The van der Waals surface area contributed by atoms with Gasteiger partial charge in [0.2, 0.25) is 15.6 Å². The molecule has 0 spiro atoms. The van der Waals surface area contributed by atoms with Gasteiger partial charge in [-0.2, -0.15) is 17.5 Å². The van der Waals surface area contributed by atoms with Crippen molar-refractivity contribution in [2.75, 3.05) is 30.3 Å². The Morgan fingerprint density at radius 3 is 2.59 bits per heavy atom. The van der Waals surface area contributed by atoms with Crippen LogP contribution in [0.15, 0.2) is 35.3 Å². The van der Waals surface area contributed by atoms with Crippen LogP contribution in [0, 0.1) is 0 Å². The minimum atomic E-state index is -4.70. The summed E-state index contributed by atoms with van der Waals surface area (Å²) in [6, 6.07) is 4.51. The normalized spacial score (nSPS) is 20.2. The number of halogens is 3. The average Bonchev–Trinajstić information content (AvgIpc) is 3.55. The van der Waals surface area contributed by atoms with Gasteiger partial charge in [-0.3, -0.25) is 4.79 Å². The molecule has 4 heterocycles. The van der Waals surface area contributed by atoms with E-state index in [0.29, 0.717) is 22.7 Å². The average molecular weight is 496 g/mol. The topological polar surface area (TPSA) is 102 Å². The van der Waals surface area contributed by atoms with Crippen molar-refractivity contribution in [2.45, 2.75) is 37.9 Å². The molecule has 2 fully saturated rings. The van der Waals surface area contributed by atoms with E-state index in [1.165, 1.54) is 19.1 Å². The molecule has 1 saturated carbocycles. The summed E-state index contributed by atoms with van der Waals surface area (Å²) in [7, 11) is -3.78. The minimum absolute atomic E-state index is 0.00119. The van der Waals surface area contributed by atoms with E-state index in [0.717, 1.165) is 33.1 Å². The molecular formula is C22H24F3N5O3S. The van der Waals surface area contributed by atoms with Crippen molar-refractivity contribution in [1.29, 1.82) is 0 Å². The first-order valence-electron chi connectivity index (χ1n) is 11.1. The lowest BCUT2D eigenvalue weighted by molar-refractivity contribution is -0.153. The predicted molar refractivity (Wildman–Crippen MR) is 122 cm³/mol. The Labute approximate surface area is 193 Å². The SMILES string of the molecule is CCS(=O)(=O)N1CCN(c2cc(-c3ccnc4[nH]c(C5CC5)cc34)cc(=O)[nH]2)[C@H](C(F)(F)F)C1. The van der Waals surface area contributed by atoms with Gasteiger partial charge in [-0.1, -0.05) is 0 Å². The number of H-pyrrole nitrogens is 2. The molecule has 1 atom stereocenters. The second kappa shape index (κ2) is 8.12. The van der Waals surface area contributed by atoms with Crippen LogP contribution < -0.4 is 10.5 Å². The fourth-order valence-electron chi connectivity index (χ4n) is 4.51. The van der Waals surface area contributed by atoms with Gasteiger partial charge in [-0.05, 0) is 55.0 Å². The van der Waals surface area contributed by atoms with Crippen LogP contribution in [-0.4, -0.2) is 65.3 Å². The predicted octanol–water partition coefficient (Wildman–Crippen LogP) is 3.20. The quantitative estimate of drug-likeness (QED) is 0.566. The molecule has 3 aromatic heterocycles. The van der Waals surface area contributed by atoms with Crippen LogP contribution in [0.5, 0.6) is 0 Å². The number of fused-ring (bicyclic) bond motifs is 1. The molecule has 0 aromatic carbocycles. The molecule has 182 valence electrons.